The van der Waals surface area contributed by atoms with Crippen molar-refractivity contribution in [2.75, 3.05) is 205 Å². The van der Waals surface area contributed by atoms with E-state index in [0.717, 1.165) is 105 Å². The second-order valence-electron chi connectivity index (χ2n) is 28.7. The Morgan fingerprint density at radius 1 is 0.269 bits per heavy atom. The summed E-state index contributed by atoms with van der Waals surface area (Å²) in [4.78, 5) is 177. The van der Waals surface area contributed by atoms with Crippen LogP contribution in [0.15, 0.2) is 201 Å². The largest absolute Gasteiger partial charge is 0.462 e. The Labute approximate surface area is 844 Å². The van der Waals surface area contributed by atoms with Gasteiger partial charge in [-0.2, -0.15) is 0 Å². The van der Waals surface area contributed by atoms with E-state index < -0.39 is 189 Å². The van der Waals surface area contributed by atoms with Gasteiger partial charge in [-0.15, -0.1) is 0 Å². The highest BCUT2D eigenvalue weighted by Crippen LogP contribution is 2.26. The second-order valence-corrected chi connectivity index (χ2v) is 28.7. The quantitative estimate of drug-likeness (QED) is 0.0172. The summed E-state index contributed by atoms with van der Waals surface area (Å²) in [7, 11) is 0. The average molecular weight is 2080 g/mol. The number of carbonyl (C=O) groups excluding carboxylic acids is 16. The molecule has 6 unspecified atom stereocenters. The third-order valence-electron chi connectivity index (χ3n) is 15.4. The summed E-state index contributed by atoms with van der Waals surface area (Å²) in [6, 6.07) is 0. The molecule has 0 aromatic carbocycles. The summed E-state index contributed by atoms with van der Waals surface area (Å²) >= 11 is 0. The zero-order valence-electron chi connectivity index (χ0n) is 82.1. The Hall–Kier alpha value is -13.3. The van der Waals surface area contributed by atoms with E-state index in [0.29, 0.717) is 30.9 Å². The number of aliphatic hydroxyl groups is 11. The van der Waals surface area contributed by atoms with Gasteiger partial charge in [-0.05, 0) is 46.6 Å². The topological polar surface area (TPSA) is 692 Å². The average Bonchev–Trinajstić information content (AvgIpc) is 0.855. The van der Waals surface area contributed by atoms with E-state index in [1.54, 1.807) is 20.8 Å². The van der Waals surface area contributed by atoms with E-state index in [9.17, 15) is 107 Å². The Kier molecular flexibility index (Phi) is 103. The minimum absolute atomic E-state index is 0. The molecule has 0 aromatic rings. The van der Waals surface area contributed by atoms with Crippen LogP contribution < -0.4 is 5.32 Å². The Bertz CT molecular complexity index is 3710. The van der Waals surface area contributed by atoms with E-state index in [4.69, 9.17) is 87.1 Å². The van der Waals surface area contributed by atoms with Gasteiger partial charge in [0.15, 0.2) is 0 Å². The SMILES string of the molecule is C.C=C(C)C(=O)OCC(O)CO.C=C(C)C(=O)OCCO.C=C(C)C(=O)OCCO.C=CC(=O)NCCO.C=CC(=O)OCC(CO)(COC(=O)C=C)COC(=O)C=C.C=CC(=O)OCC(CO)(COCC(COC(=O)C=C)(COC(=O)C=C)COC(=O)C=C)COC(=O)C=C.C=CC(=O)OCC(O)COCC(C)OCC(O)COC(=O)C=C.C=CC(=O)OCC(O)COCCCCCCOCC(O)COC(=O)C=C. The lowest BCUT2D eigenvalue weighted by molar-refractivity contribution is -0.168. The lowest BCUT2D eigenvalue weighted by Gasteiger charge is -2.34. The van der Waals surface area contributed by atoms with E-state index >= 15 is 0 Å². The van der Waals surface area contributed by atoms with Crippen molar-refractivity contribution in [2.45, 2.75) is 97.4 Å². The second kappa shape index (κ2) is 99.5. The molecule has 145 heavy (non-hydrogen) atoms. The molecule has 0 spiro atoms. The molecule has 0 aromatic heterocycles. The summed E-state index contributed by atoms with van der Waals surface area (Å²) in [5.74, 6) is -10.3. The van der Waals surface area contributed by atoms with Gasteiger partial charge in [0.25, 0.3) is 0 Å². The maximum Gasteiger partial charge on any atom is 0.333 e. The lowest BCUT2D eigenvalue weighted by atomic mass is 9.90. The molecule has 0 heterocycles. The summed E-state index contributed by atoms with van der Waals surface area (Å²) < 4.78 is 98.8. The number of nitrogens with one attached hydrogen (secondary N) is 1. The minimum atomic E-state index is -1.44. The van der Waals surface area contributed by atoms with E-state index in [2.05, 4.69) is 144 Å². The molecular weight excluding hydrogens is 1930 g/mol. The summed E-state index contributed by atoms with van der Waals surface area (Å²) in [5.41, 5.74) is -3.18. The van der Waals surface area contributed by atoms with Crippen LogP contribution in [-0.2, 0) is 171 Å². The van der Waals surface area contributed by atoms with Crippen molar-refractivity contribution in [3.05, 3.63) is 201 Å². The van der Waals surface area contributed by atoms with Crippen LogP contribution in [0.1, 0.15) is 60.8 Å². The van der Waals surface area contributed by atoms with Crippen molar-refractivity contribution < 1.29 is 228 Å². The third kappa shape index (κ3) is 96.6. The molecule has 12 N–H and O–H groups in total. The van der Waals surface area contributed by atoms with Crippen molar-refractivity contribution in [1.82, 2.24) is 5.32 Å². The maximum atomic E-state index is 11.7. The van der Waals surface area contributed by atoms with Crippen LogP contribution in [0, 0.1) is 16.2 Å². The number of rotatable bonds is 73. The number of esters is 15. The van der Waals surface area contributed by atoms with Gasteiger partial charge in [0.05, 0.1) is 108 Å². The Balaban J connectivity index is -0.000000219. The van der Waals surface area contributed by atoms with Crippen molar-refractivity contribution in [1.29, 1.82) is 0 Å². The van der Waals surface area contributed by atoms with Crippen LogP contribution in [0.2, 0.25) is 0 Å². The van der Waals surface area contributed by atoms with Gasteiger partial charge in [0.2, 0.25) is 5.91 Å². The third-order valence-corrected chi connectivity index (χ3v) is 15.4. The van der Waals surface area contributed by atoms with Gasteiger partial charge in [0.1, 0.15) is 130 Å². The molecule has 48 nitrogen and oxygen atoms in total. The highest BCUT2D eigenvalue weighted by molar-refractivity contribution is 5.89. The van der Waals surface area contributed by atoms with Gasteiger partial charge in [-0.1, -0.05) is 126 Å². The van der Waals surface area contributed by atoms with E-state index in [1.807, 2.05) is 0 Å². The number of amides is 1. The molecule has 0 aliphatic rings. The normalized spacial score (nSPS) is 11.2. The predicted molar refractivity (Wildman–Crippen MR) is 518 cm³/mol. The monoisotopic (exact) mass is 2080 g/mol. The number of hydrogen-bond donors (Lipinski definition) is 12. The van der Waals surface area contributed by atoms with Gasteiger partial charge >= 0.3 is 89.5 Å². The van der Waals surface area contributed by atoms with Crippen LogP contribution in [0.3, 0.4) is 0 Å². The van der Waals surface area contributed by atoms with Crippen LogP contribution >= 0.6 is 0 Å². The van der Waals surface area contributed by atoms with Crippen LogP contribution in [-0.4, -0.2) is 393 Å². The van der Waals surface area contributed by atoms with Crippen LogP contribution in [0.25, 0.3) is 0 Å². The Morgan fingerprint density at radius 3 is 0.759 bits per heavy atom. The number of unbranched alkanes of at least 4 members (excludes halogenated alkanes) is 3. The number of carbonyl (C=O) groups is 16. The molecule has 0 fully saturated rings. The fraction of sp³-hybridized carbons (Fsp3) is 0.505. The van der Waals surface area contributed by atoms with Crippen LogP contribution in [0.5, 0.6) is 0 Å². The smallest absolute Gasteiger partial charge is 0.333 e. The molecule has 0 rings (SSSR count). The molecule has 0 aliphatic heterocycles. The zero-order chi connectivity index (χ0) is 112. The molecule has 824 valence electrons. The molecule has 0 saturated heterocycles. The molecule has 48 heteroatoms. The zero-order valence-corrected chi connectivity index (χ0v) is 82.1. The first-order valence-electron chi connectivity index (χ1n) is 43.0. The van der Waals surface area contributed by atoms with Gasteiger partial charge in [0, 0.05) is 109 Å². The fourth-order valence-electron chi connectivity index (χ4n) is 7.68. The maximum absolute atomic E-state index is 11.7. The predicted octanol–water partition coefficient (Wildman–Crippen LogP) is 0.687. The first kappa shape index (κ1) is 149. The van der Waals surface area contributed by atoms with Gasteiger partial charge < -0.3 is 156 Å². The van der Waals surface area contributed by atoms with Crippen molar-refractivity contribution in [3.63, 3.8) is 0 Å². The fourth-order valence-corrected chi connectivity index (χ4v) is 7.68. The minimum Gasteiger partial charge on any atom is -0.462 e. The summed E-state index contributed by atoms with van der Waals surface area (Å²) in [5, 5.41) is 102. The van der Waals surface area contributed by atoms with E-state index in [-0.39, 0.29) is 157 Å². The standard InChI is InChI=1S/C25H32O12.C18H30O8.C15H24O8.C14H18O7.C7H12O4.2C6H10O3.C5H9NO2.CH4/c1-6-19(27)33-14-24(11-26,15-34-20(28)7-2)12-32-13-25(16-35-21(29)8-3,17-36-22(30)9-4)18-37-23(31)10-5;1-3-17(21)25-13-15(19)11-23-9-7-5-6-8-10-24-12-16(20)14-26-18(22)4-2;1-4-14(18)22-9-12(16)7-20-6-11(3)21-8-13(17)10-23-15(19)5-2;1-4-11(16)19-8-14(7-15,9-20-12(17)5-2)10-21-13(18)6-3;1-5(2)7(10)11-4-6(9)3-8;2*1-5(2)6(8)9-4-3-7;1-2-5(8)6-3-4-7;/h6-10,26H,1-5,11-18H2;3-4,15-16,19-20H,1-2,5-14H2;4-5,11-13,16-17H,1-2,6-10H2,3H3;4-6,15H,1-3,7-10H2;6,8-9H,1,3-4H2,2H3;2*7H,1,3-4H2,2H3;2,7H,1,3-4H2,(H,6,8);1H4. The molecule has 0 bridgehead atoms. The number of hydrogen-bond acceptors (Lipinski definition) is 47. The van der Waals surface area contributed by atoms with Gasteiger partial charge in [-0.25, -0.2) is 71.9 Å². The van der Waals surface area contributed by atoms with Crippen molar-refractivity contribution in [3.8, 4) is 0 Å². The van der Waals surface area contributed by atoms with E-state index in [1.165, 1.54) is 6.92 Å². The van der Waals surface area contributed by atoms with Gasteiger partial charge in [-0.3, -0.25) is 4.79 Å². The molecular formula is C97H149NO47. The van der Waals surface area contributed by atoms with Crippen molar-refractivity contribution >= 4 is 95.4 Å². The first-order valence-corrected chi connectivity index (χ1v) is 43.0. The summed E-state index contributed by atoms with van der Waals surface area (Å²) in [6.45, 7) is 53.8. The molecule has 0 saturated carbocycles. The van der Waals surface area contributed by atoms with Crippen LogP contribution in [0.4, 0.5) is 0 Å². The highest BCUT2D eigenvalue weighted by Gasteiger charge is 2.40. The Morgan fingerprint density at radius 2 is 0.510 bits per heavy atom. The molecule has 1 amide bonds. The summed E-state index contributed by atoms with van der Waals surface area (Å²) in [6.07, 6.45) is 11.2. The number of ether oxygens (including phenoxy) is 20. The molecule has 0 radical (unpaired) electrons. The molecule has 0 aliphatic carbocycles. The first-order chi connectivity index (χ1) is 68.1. The number of aliphatic hydroxyl groups excluding tert-OH is 11. The lowest BCUT2D eigenvalue weighted by Crippen LogP contribution is -2.46. The van der Waals surface area contributed by atoms with Crippen molar-refractivity contribution in [2.24, 2.45) is 16.2 Å². The highest BCUT2D eigenvalue weighted by atomic mass is 16.6. The molecule has 6 atom stereocenters.